The molecule has 1 heterocycles. The molecule has 28 heavy (non-hydrogen) atoms. The van der Waals surface area contributed by atoms with Gasteiger partial charge in [0.25, 0.3) is 0 Å². The first-order valence-corrected chi connectivity index (χ1v) is 8.57. The molecule has 0 radical (unpaired) electrons. The molecule has 1 aromatic heterocycles. The monoisotopic (exact) mass is 388 g/mol. The number of aromatic nitrogens is 4. The number of rotatable bonds is 9. The number of ether oxygens (including phenoxy) is 1. The summed E-state index contributed by atoms with van der Waals surface area (Å²) in [5, 5.41) is 21.8. The van der Waals surface area contributed by atoms with Crippen molar-refractivity contribution in [3.05, 3.63) is 54.6 Å². The Kier molecular flexibility index (Phi) is 7.28. The average Bonchev–Trinajstić information content (AvgIpc) is 3.12. The summed E-state index contributed by atoms with van der Waals surface area (Å²) >= 11 is 0. The lowest BCUT2D eigenvalue weighted by Crippen LogP contribution is -2.18. The van der Waals surface area contributed by atoms with Gasteiger partial charge < -0.3 is 9.84 Å². The van der Waals surface area contributed by atoms with Crippen molar-refractivity contribution < 1.29 is 23.8 Å². The molecule has 0 saturated carbocycles. The van der Waals surface area contributed by atoms with E-state index < -0.39 is 30.1 Å². The Hall–Kier alpha value is -3.20. The van der Waals surface area contributed by atoms with Gasteiger partial charge in [0.15, 0.2) is 0 Å². The molecule has 0 bridgehead atoms. The van der Waals surface area contributed by atoms with E-state index >= 15 is 0 Å². The smallest absolute Gasteiger partial charge is 0.318 e. The topological polar surface area (TPSA) is 107 Å². The van der Waals surface area contributed by atoms with E-state index in [-0.39, 0.29) is 18.2 Å². The van der Waals surface area contributed by atoms with Crippen molar-refractivity contribution >= 4 is 17.3 Å². The fourth-order valence-electron chi connectivity index (χ4n) is 2.08. The number of esters is 1. The molecule has 2 rings (SSSR count). The number of ketones is 1. The fourth-order valence-corrected chi connectivity index (χ4v) is 2.08. The summed E-state index contributed by atoms with van der Waals surface area (Å²) in [6.45, 7) is 7.59. The molecule has 2 aromatic rings. The fraction of sp³-hybridized carbons (Fsp3) is 0.316. The number of hydrogen-bond donors (Lipinski definition) is 1. The van der Waals surface area contributed by atoms with Gasteiger partial charge in [-0.1, -0.05) is 18.7 Å². The lowest BCUT2D eigenvalue weighted by atomic mass is 10.1. The van der Waals surface area contributed by atoms with Gasteiger partial charge >= 0.3 is 5.97 Å². The van der Waals surface area contributed by atoms with E-state index in [0.717, 1.165) is 12.1 Å². The Morgan fingerprint density at radius 2 is 2.00 bits per heavy atom. The number of tetrazole rings is 1. The summed E-state index contributed by atoms with van der Waals surface area (Å²) in [5.41, 5.74) is 0.425. The van der Waals surface area contributed by atoms with Crippen molar-refractivity contribution in [2.24, 2.45) is 0 Å². The van der Waals surface area contributed by atoms with E-state index in [1.807, 2.05) is 13.8 Å². The van der Waals surface area contributed by atoms with Gasteiger partial charge in [0.05, 0.1) is 12.1 Å². The Bertz CT molecular complexity index is 874. The third-order valence-corrected chi connectivity index (χ3v) is 3.52. The van der Waals surface area contributed by atoms with Crippen molar-refractivity contribution in [3.63, 3.8) is 0 Å². The Labute approximate surface area is 161 Å². The summed E-state index contributed by atoms with van der Waals surface area (Å²) in [7, 11) is 0. The normalized spacial score (nSPS) is 12.3. The number of carbonyl (C=O) groups excluding carboxylic acids is 2. The molecule has 0 spiro atoms. The summed E-state index contributed by atoms with van der Waals surface area (Å²) in [6, 6.07) is 4.89. The van der Waals surface area contributed by atoms with Crippen LogP contribution in [0.1, 0.15) is 38.6 Å². The second kappa shape index (κ2) is 9.65. The van der Waals surface area contributed by atoms with Gasteiger partial charge in [-0.2, -0.15) is 4.80 Å². The van der Waals surface area contributed by atoms with Gasteiger partial charge in [0.2, 0.25) is 5.82 Å². The molecule has 148 valence electrons. The number of hydrogen-bond acceptors (Lipinski definition) is 7. The molecule has 1 atom stereocenters. The number of allylic oxidation sites excluding steroid dienone is 2. The molecule has 0 aliphatic rings. The van der Waals surface area contributed by atoms with Crippen molar-refractivity contribution in [2.75, 3.05) is 0 Å². The van der Waals surface area contributed by atoms with Gasteiger partial charge in [-0.25, -0.2) is 4.39 Å². The third-order valence-electron chi connectivity index (χ3n) is 3.52. The Morgan fingerprint density at radius 1 is 1.32 bits per heavy atom. The number of carbonyl (C=O) groups is 2. The average molecular weight is 388 g/mol. The van der Waals surface area contributed by atoms with Crippen LogP contribution in [0, 0.1) is 5.82 Å². The van der Waals surface area contributed by atoms with E-state index in [4.69, 9.17) is 4.74 Å². The van der Waals surface area contributed by atoms with Crippen LogP contribution in [0.2, 0.25) is 0 Å². The predicted molar refractivity (Wildman–Crippen MR) is 98.7 cm³/mol. The molecule has 0 saturated heterocycles. The van der Waals surface area contributed by atoms with E-state index in [9.17, 15) is 19.1 Å². The number of aliphatic hydroxyl groups excluding tert-OH is 1. The largest absolute Gasteiger partial charge is 0.426 e. The maximum absolute atomic E-state index is 12.8. The maximum Gasteiger partial charge on any atom is 0.318 e. The van der Waals surface area contributed by atoms with Crippen LogP contribution < -0.4 is 4.74 Å². The molecule has 1 unspecified atom stereocenters. The molecule has 1 N–H and O–H groups in total. The van der Waals surface area contributed by atoms with Gasteiger partial charge in [-0.3, -0.25) is 9.59 Å². The summed E-state index contributed by atoms with van der Waals surface area (Å²) in [5.74, 6) is -1.30. The van der Waals surface area contributed by atoms with Crippen LogP contribution in [0.3, 0.4) is 0 Å². The molecule has 0 aliphatic carbocycles. The van der Waals surface area contributed by atoms with Crippen molar-refractivity contribution in [3.8, 4) is 5.75 Å². The van der Waals surface area contributed by atoms with Gasteiger partial charge in [0.1, 0.15) is 23.8 Å². The number of halogens is 1. The van der Waals surface area contributed by atoms with Crippen molar-refractivity contribution in [1.29, 1.82) is 0 Å². The van der Waals surface area contributed by atoms with Crippen LogP contribution in [-0.4, -0.2) is 43.2 Å². The third kappa shape index (κ3) is 6.51. The minimum atomic E-state index is -1.11. The standard InChI is InChI=1S/C19H21FN4O4/c1-12(2)24-22-19(21-23-24)13(3)4-7-15(25)10-16(26)11-18(27)28-17-8-5-14(20)6-9-17/h4-9,12,15,25H,3,10-11H2,1-2H3. The number of Topliss-reactive ketones (excluding diaryl/α,β-unsaturated/α-hetero) is 1. The highest BCUT2D eigenvalue weighted by Crippen LogP contribution is 2.13. The zero-order valence-corrected chi connectivity index (χ0v) is 15.6. The first-order chi connectivity index (χ1) is 13.2. The number of aliphatic hydroxyl groups is 1. The lowest BCUT2D eigenvalue weighted by Gasteiger charge is -2.06. The van der Waals surface area contributed by atoms with E-state index in [2.05, 4.69) is 22.0 Å². The highest BCUT2D eigenvalue weighted by Gasteiger charge is 2.15. The number of benzene rings is 1. The highest BCUT2D eigenvalue weighted by atomic mass is 19.1. The molecule has 1 aromatic carbocycles. The second-order valence-corrected chi connectivity index (χ2v) is 6.33. The van der Waals surface area contributed by atoms with Crippen LogP contribution in [-0.2, 0) is 9.59 Å². The molecule has 8 nitrogen and oxygen atoms in total. The predicted octanol–water partition coefficient (Wildman–Crippen LogP) is 2.28. The molecular formula is C19H21FN4O4. The second-order valence-electron chi connectivity index (χ2n) is 6.33. The van der Waals surface area contributed by atoms with Gasteiger partial charge in [-0.05, 0) is 43.3 Å². The van der Waals surface area contributed by atoms with Crippen molar-refractivity contribution in [1.82, 2.24) is 20.2 Å². The van der Waals surface area contributed by atoms with Crippen LogP contribution in [0.25, 0.3) is 5.57 Å². The maximum atomic E-state index is 12.8. The highest BCUT2D eigenvalue weighted by molar-refractivity contribution is 5.96. The van der Waals surface area contributed by atoms with E-state index in [0.29, 0.717) is 11.4 Å². The molecule has 0 amide bonds. The van der Waals surface area contributed by atoms with E-state index in [1.54, 1.807) is 0 Å². The Balaban J connectivity index is 1.80. The zero-order chi connectivity index (χ0) is 20.7. The van der Waals surface area contributed by atoms with Gasteiger partial charge in [-0.15, -0.1) is 10.2 Å². The van der Waals surface area contributed by atoms with Gasteiger partial charge in [0, 0.05) is 12.0 Å². The number of nitrogens with zero attached hydrogens (tertiary/aromatic N) is 4. The molecule has 0 aliphatic heterocycles. The van der Waals surface area contributed by atoms with Crippen LogP contribution >= 0.6 is 0 Å². The summed E-state index contributed by atoms with van der Waals surface area (Å²) in [4.78, 5) is 25.0. The SMILES string of the molecule is C=C(C=CC(O)CC(=O)CC(=O)Oc1ccc(F)cc1)c1nnn(C(C)C)n1. The summed E-state index contributed by atoms with van der Waals surface area (Å²) in [6.07, 6.45) is 0.961. The minimum Gasteiger partial charge on any atom is -0.426 e. The van der Waals surface area contributed by atoms with Crippen LogP contribution in [0.5, 0.6) is 5.75 Å². The molecular weight excluding hydrogens is 367 g/mol. The van der Waals surface area contributed by atoms with Crippen LogP contribution in [0.4, 0.5) is 4.39 Å². The first kappa shape index (κ1) is 21.1. The molecule has 0 fully saturated rings. The first-order valence-electron chi connectivity index (χ1n) is 8.57. The Morgan fingerprint density at radius 3 is 2.61 bits per heavy atom. The minimum absolute atomic E-state index is 0.0518. The quantitative estimate of drug-likeness (QED) is 0.304. The van der Waals surface area contributed by atoms with Crippen molar-refractivity contribution in [2.45, 2.75) is 38.8 Å². The zero-order valence-electron chi connectivity index (χ0n) is 15.6. The van der Waals surface area contributed by atoms with E-state index in [1.165, 1.54) is 29.1 Å². The summed E-state index contributed by atoms with van der Waals surface area (Å²) < 4.78 is 17.7. The lowest BCUT2D eigenvalue weighted by molar-refractivity contribution is -0.138. The molecule has 9 heteroatoms. The van der Waals surface area contributed by atoms with Crippen LogP contribution in [0.15, 0.2) is 43.0 Å².